The van der Waals surface area contributed by atoms with Gasteiger partial charge in [0.15, 0.2) is 11.5 Å². The highest BCUT2D eigenvalue weighted by molar-refractivity contribution is 6.30. The molecule has 0 aliphatic heterocycles. The first-order chi connectivity index (χ1) is 10.7. The van der Waals surface area contributed by atoms with Gasteiger partial charge in [0.1, 0.15) is 12.4 Å². The number of aliphatic hydroxyl groups excluding tert-OH is 1. The summed E-state index contributed by atoms with van der Waals surface area (Å²) < 4.78 is 11.4. The summed E-state index contributed by atoms with van der Waals surface area (Å²) in [6, 6.07) is 14.9. The molecule has 4 nitrogen and oxygen atoms in total. The molecule has 0 aromatic heterocycles. The van der Waals surface area contributed by atoms with Gasteiger partial charge in [0, 0.05) is 24.2 Å². The average molecular weight is 324 g/mol. The van der Waals surface area contributed by atoms with E-state index in [0.29, 0.717) is 23.1 Å². The van der Waals surface area contributed by atoms with E-state index in [9.17, 15) is 0 Å². The molecule has 2 N–H and O–H groups in total. The number of aliphatic hydroxyl groups is 1. The van der Waals surface area contributed by atoms with Gasteiger partial charge in [0.05, 0.1) is 0 Å². The zero-order chi connectivity index (χ0) is 16.2. The molecule has 0 unspecified atom stereocenters. The van der Waals surface area contributed by atoms with E-state index < -0.39 is 0 Å². The van der Waals surface area contributed by atoms with Gasteiger partial charge in [-0.2, -0.15) is 0 Å². The van der Waals surface area contributed by atoms with Crippen molar-refractivity contribution in [3.8, 4) is 17.2 Å². The third-order valence-electron chi connectivity index (χ3n) is 2.49. The van der Waals surface area contributed by atoms with Crippen molar-refractivity contribution in [2.45, 2.75) is 6.92 Å². The van der Waals surface area contributed by atoms with Gasteiger partial charge < -0.3 is 19.9 Å². The number of hydrogen-bond donors (Lipinski definition) is 2. The Kier molecular flexibility index (Phi) is 9.07. The number of halogens is 1. The van der Waals surface area contributed by atoms with Crippen LogP contribution in [0.5, 0.6) is 17.2 Å². The fourth-order valence-corrected chi connectivity index (χ4v) is 1.72. The molecule has 2 aromatic rings. The van der Waals surface area contributed by atoms with E-state index in [-0.39, 0.29) is 6.61 Å². The molecule has 0 spiro atoms. The van der Waals surface area contributed by atoms with Crippen LogP contribution in [-0.4, -0.2) is 31.9 Å². The molecule has 2 rings (SSSR count). The Labute approximate surface area is 136 Å². The van der Waals surface area contributed by atoms with Crippen molar-refractivity contribution in [1.82, 2.24) is 5.32 Å². The summed E-state index contributed by atoms with van der Waals surface area (Å²) >= 11 is 5.98. The maximum absolute atomic E-state index is 7.57. The van der Waals surface area contributed by atoms with E-state index >= 15 is 0 Å². The molecule has 120 valence electrons. The number of likely N-dealkylation sites (N-methyl/N-ethyl adjacent to an activating group) is 1. The first kappa shape index (κ1) is 18.3. The van der Waals surface area contributed by atoms with Crippen LogP contribution in [0.25, 0.3) is 0 Å². The van der Waals surface area contributed by atoms with Crippen molar-refractivity contribution in [1.29, 1.82) is 0 Å². The van der Waals surface area contributed by atoms with Crippen molar-refractivity contribution in [2.24, 2.45) is 0 Å². The highest BCUT2D eigenvalue weighted by atomic mass is 35.5. The largest absolute Gasteiger partial charge is 0.488 e. The van der Waals surface area contributed by atoms with Gasteiger partial charge in [-0.15, -0.1) is 0 Å². The van der Waals surface area contributed by atoms with Crippen molar-refractivity contribution in [2.75, 3.05) is 26.8 Å². The second-order valence-electron chi connectivity index (χ2n) is 4.27. The highest BCUT2D eigenvalue weighted by Crippen LogP contribution is 2.33. The molecule has 0 radical (unpaired) electrons. The maximum Gasteiger partial charge on any atom is 0.169 e. The number of para-hydroxylation sites is 1. The second kappa shape index (κ2) is 10.9. The Morgan fingerprint density at radius 1 is 1.09 bits per heavy atom. The third-order valence-corrected chi connectivity index (χ3v) is 2.72. The van der Waals surface area contributed by atoms with E-state index in [1.807, 2.05) is 43.4 Å². The monoisotopic (exact) mass is 323 g/mol. The maximum atomic E-state index is 7.57. The molecule has 0 aliphatic rings. The van der Waals surface area contributed by atoms with Gasteiger partial charge in [-0.1, -0.05) is 29.8 Å². The van der Waals surface area contributed by atoms with Crippen molar-refractivity contribution in [3.63, 3.8) is 0 Å². The number of benzene rings is 2. The lowest BCUT2D eigenvalue weighted by Crippen LogP contribution is -2.16. The number of rotatable bonds is 6. The lowest BCUT2D eigenvalue weighted by molar-refractivity contribution is 0.303. The van der Waals surface area contributed by atoms with Crippen molar-refractivity contribution in [3.05, 3.63) is 53.6 Å². The smallest absolute Gasteiger partial charge is 0.169 e. The molecule has 0 saturated heterocycles. The zero-order valence-electron chi connectivity index (χ0n) is 12.9. The molecular weight excluding hydrogens is 302 g/mol. The van der Waals surface area contributed by atoms with Gasteiger partial charge in [0.2, 0.25) is 0 Å². The normalized spacial score (nSPS) is 9.64. The van der Waals surface area contributed by atoms with Crippen LogP contribution in [0.1, 0.15) is 6.92 Å². The summed E-state index contributed by atoms with van der Waals surface area (Å²) in [4.78, 5) is 0. The predicted molar refractivity (Wildman–Crippen MR) is 90.1 cm³/mol. The van der Waals surface area contributed by atoms with Crippen molar-refractivity contribution < 1.29 is 14.6 Å². The van der Waals surface area contributed by atoms with Gasteiger partial charge in [-0.05, 0) is 38.2 Å². The summed E-state index contributed by atoms with van der Waals surface area (Å²) in [5.41, 5.74) is 0. The Balaban J connectivity index is 0.000000745. The third kappa shape index (κ3) is 6.80. The average Bonchev–Trinajstić information content (AvgIpc) is 2.52. The minimum absolute atomic E-state index is 0.250. The van der Waals surface area contributed by atoms with Gasteiger partial charge >= 0.3 is 0 Å². The minimum atomic E-state index is 0.250. The Hall–Kier alpha value is -1.75. The van der Waals surface area contributed by atoms with Crippen LogP contribution in [0.15, 0.2) is 48.5 Å². The fourth-order valence-electron chi connectivity index (χ4n) is 1.56. The van der Waals surface area contributed by atoms with Crippen LogP contribution in [-0.2, 0) is 0 Å². The molecule has 0 amide bonds. The molecule has 0 heterocycles. The van der Waals surface area contributed by atoms with E-state index in [2.05, 4.69) is 5.32 Å². The van der Waals surface area contributed by atoms with Gasteiger partial charge in [-0.3, -0.25) is 0 Å². The molecule has 0 saturated carbocycles. The summed E-state index contributed by atoms with van der Waals surface area (Å²) in [7, 11) is 1.88. The van der Waals surface area contributed by atoms with Crippen LogP contribution >= 0.6 is 11.6 Å². The first-order valence-electron chi connectivity index (χ1n) is 7.12. The number of hydrogen-bond acceptors (Lipinski definition) is 4. The topological polar surface area (TPSA) is 50.7 Å². The Morgan fingerprint density at radius 2 is 1.77 bits per heavy atom. The molecule has 5 heteroatoms. The molecule has 0 fully saturated rings. The van der Waals surface area contributed by atoms with E-state index in [1.54, 1.807) is 19.1 Å². The lowest BCUT2D eigenvalue weighted by atomic mass is 10.3. The second-order valence-corrected chi connectivity index (χ2v) is 4.71. The summed E-state index contributed by atoms with van der Waals surface area (Å²) in [6.45, 7) is 3.25. The zero-order valence-corrected chi connectivity index (χ0v) is 13.6. The van der Waals surface area contributed by atoms with Crippen LogP contribution in [0.3, 0.4) is 0 Å². The van der Waals surface area contributed by atoms with E-state index in [4.69, 9.17) is 26.2 Å². The molecule has 0 atom stereocenters. The van der Waals surface area contributed by atoms with Crippen LogP contribution < -0.4 is 14.8 Å². The van der Waals surface area contributed by atoms with Crippen LogP contribution in [0, 0.1) is 0 Å². The predicted octanol–water partition coefficient (Wildman–Crippen LogP) is 3.73. The first-order valence-corrected chi connectivity index (χ1v) is 7.49. The number of ether oxygens (including phenoxy) is 2. The standard InChI is InChI=1S/C15H16ClNO2.C2H6O/c1-17-9-10-18-15-11-12(16)7-8-14(15)19-13-5-3-2-4-6-13;1-2-3/h2-8,11,17H,9-10H2,1H3;3H,2H2,1H3. The Bertz CT molecular complexity index is 535. The van der Waals surface area contributed by atoms with Crippen molar-refractivity contribution >= 4 is 11.6 Å². The summed E-state index contributed by atoms with van der Waals surface area (Å²) in [6.07, 6.45) is 0. The van der Waals surface area contributed by atoms with Gasteiger partial charge in [-0.25, -0.2) is 0 Å². The van der Waals surface area contributed by atoms with Gasteiger partial charge in [0.25, 0.3) is 0 Å². The molecule has 22 heavy (non-hydrogen) atoms. The lowest BCUT2D eigenvalue weighted by Gasteiger charge is -2.12. The molecular formula is C17H22ClNO3. The molecule has 0 aliphatic carbocycles. The van der Waals surface area contributed by atoms with Crippen LogP contribution in [0.4, 0.5) is 0 Å². The van der Waals surface area contributed by atoms with E-state index in [1.165, 1.54) is 0 Å². The molecule has 2 aromatic carbocycles. The quantitative estimate of drug-likeness (QED) is 0.795. The fraction of sp³-hybridized carbons (Fsp3) is 0.294. The highest BCUT2D eigenvalue weighted by Gasteiger charge is 2.07. The number of nitrogens with one attached hydrogen (secondary N) is 1. The SMILES string of the molecule is CCO.CNCCOc1cc(Cl)ccc1Oc1ccccc1. The molecule has 0 bridgehead atoms. The van der Waals surface area contributed by atoms with E-state index in [0.717, 1.165) is 12.3 Å². The summed E-state index contributed by atoms with van der Waals surface area (Å²) in [5, 5.41) is 11.2. The summed E-state index contributed by atoms with van der Waals surface area (Å²) in [5.74, 6) is 2.07. The van der Waals surface area contributed by atoms with Crippen LogP contribution in [0.2, 0.25) is 5.02 Å². The Morgan fingerprint density at radius 3 is 2.41 bits per heavy atom. The minimum Gasteiger partial charge on any atom is -0.488 e.